The third-order valence-electron chi connectivity index (χ3n) is 2.87. The summed E-state index contributed by atoms with van der Waals surface area (Å²) in [6.45, 7) is 1.80. The SMILES string of the molecule is CC(Oc1ccc(COc2ccc(Cl)cc2Cl)cc1)C(=O)O.[H-].[K+]. The number of halogens is 2. The second-order valence-electron chi connectivity index (χ2n) is 4.61. The van der Waals surface area contributed by atoms with Crippen molar-refractivity contribution < 1.29 is 72.2 Å². The van der Waals surface area contributed by atoms with Gasteiger partial charge in [0.25, 0.3) is 0 Å². The molecular formula is C16H15Cl2KO4. The van der Waals surface area contributed by atoms with Crippen LogP contribution in [0.25, 0.3) is 0 Å². The van der Waals surface area contributed by atoms with Crippen LogP contribution in [0, 0.1) is 0 Å². The summed E-state index contributed by atoms with van der Waals surface area (Å²) in [6, 6.07) is 12.0. The molecule has 0 saturated carbocycles. The Balaban J connectivity index is 0.00000264. The summed E-state index contributed by atoms with van der Waals surface area (Å²) in [5.74, 6) is 0.0267. The van der Waals surface area contributed by atoms with Crippen LogP contribution in [0.3, 0.4) is 0 Å². The van der Waals surface area contributed by atoms with Gasteiger partial charge in [0.2, 0.25) is 0 Å². The molecule has 0 fully saturated rings. The van der Waals surface area contributed by atoms with Crippen LogP contribution in [-0.2, 0) is 11.4 Å². The van der Waals surface area contributed by atoms with E-state index in [1.165, 1.54) is 6.92 Å². The molecule has 2 rings (SSSR count). The number of aliphatic carboxylic acids is 1. The topological polar surface area (TPSA) is 55.8 Å². The Morgan fingerprint density at radius 3 is 2.43 bits per heavy atom. The van der Waals surface area contributed by atoms with Crippen LogP contribution in [0.15, 0.2) is 42.5 Å². The van der Waals surface area contributed by atoms with E-state index in [0.717, 1.165) is 5.56 Å². The molecule has 0 saturated heterocycles. The van der Waals surface area contributed by atoms with E-state index in [2.05, 4.69) is 0 Å². The number of benzene rings is 2. The van der Waals surface area contributed by atoms with Gasteiger partial charge in [0.15, 0.2) is 6.10 Å². The standard InChI is InChI=1S/C16H14Cl2O4.K.H/c1-10(16(19)20)22-13-5-2-11(3-6-13)9-21-15-7-4-12(17)8-14(15)18;;/h2-8,10H,9H2,1H3,(H,19,20);;/q;+1;-1. The molecule has 0 aromatic heterocycles. The van der Waals surface area contributed by atoms with Gasteiger partial charge < -0.3 is 16.0 Å². The molecule has 4 nitrogen and oxygen atoms in total. The Hall–Kier alpha value is -0.274. The third kappa shape index (κ3) is 6.62. The second kappa shape index (κ2) is 9.89. The second-order valence-corrected chi connectivity index (χ2v) is 5.45. The molecule has 0 bridgehead atoms. The fourth-order valence-corrected chi connectivity index (χ4v) is 2.14. The average molecular weight is 381 g/mol. The van der Waals surface area contributed by atoms with Gasteiger partial charge >= 0.3 is 57.4 Å². The van der Waals surface area contributed by atoms with Gasteiger partial charge in [-0.1, -0.05) is 35.3 Å². The predicted molar refractivity (Wildman–Crippen MR) is 86.1 cm³/mol. The molecule has 1 atom stereocenters. The molecule has 1 N–H and O–H groups in total. The zero-order chi connectivity index (χ0) is 16.1. The summed E-state index contributed by atoms with van der Waals surface area (Å²) in [7, 11) is 0. The summed E-state index contributed by atoms with van der Waals surface area (Å²) in [6.07, 6.45) is -0.894. The fourth-order valence-electron chi connectivity index (χ4n) is 1.67. The molecule has 23 heavy (non-hydrogen) atoms. The van der Waals surface area contributed by atoms with Crippen molar-refractivity contribution in [2.24, 2.45) is 0 Å². The summed E-state index contributed by atoms with van der Waals surface area (Å²) in [4.78, 5) is 10.7. The van der Waals surface area contributed by atoms with E-state index in [1.807, 2.05) is 0 Å². The van der Waals surface area contributed by atoms with Crippen molar-refractivity contribution in [1.82, 2.24) is 0 Å². The van der Waals surface area contributed by atoms with Crippen LogP contribution >= 0.6 is 23.2 Å². The van der Waals surface area contributed by atoms with Crippen LogP contribution in [0.4, 0.5) is 0 Å². The van der Waals surface area contributed by atoms with Gasteiger partial charge in [-0.15, -0.1) is 0 Å². The molecule has 2 aromatic carbocycles. The Morgan fingerprint density at radius 2 is 1.87 bits per heavy atom. The molecule has 2 aromatic rings. The summed E-state index contributed by atoms with van der Waals surface area (Å²) in [5.41, 5.74) is 0.904. The van der Waals surface area contributed by atoms with Crippen LogP contribution in [0.1, 0.15) is 13.9 Å². The van der Waals surface area contributed by atoms with E-state index in [1.54, 1.807) is 42.5 Å². The molecule has 0 radical (unpaired) electrons. The summed E-state index contributed by atoms with van der Waals surface area (Å²) in [5, 5.41) is 9.78. The first-order valence-corrected chi connectivity index (χ1v) is 7.27. The Morgan fingerprint density at radius 1 is 1.22 bits per heavy atom. The average Bonchev–Trinajstić information content (AvgIpc) is 2.47. The van der Waals surface area contributed by atoms with Crippen LogP contribution in [-0.4, -0.2) is 17.2 Å². The van der Waals surface area contributed by atoms with E-state index >= 15 is 0 Å². The van der Waals surface area contributed by atoms with E-state index in [0.29, 0.717) is 28.2 Å². The van der Waals surface area contributed by atoms with Crippen molar-refractivity contribution in [3.63, 3.8) is 0 Å². The van der Waals surface area contributed by atoms with E-state index in [-0.39, 0.29) is 52.8 Å². The number of carboxylic acid groups (broad SMARTS) is 1. The van der Waals surface area contributed by atoms with Gasteiger partial charge in [-0.25, -0.2) is 4.79 Å². The largest absolute Gasteiger partial charge is 1.00 e. The number of carboxylic acids is 1. The molecular weight excluding hydrogens is 366 g/mol. The molecule has 0 aliphatic heterocycles. The van der Waals surface area contributed by atoms with Gasteiger partial charge in [0, 0.05) is 5.02 Å². The summed E-state index contributed by atoms with van der Waals surface area (Å²) < 4.78 is 10.9. The fraction of sp³-hybridized carbons (Fsp3) is 0.188. The minimum atomic E-state index is -1.01. The smallest absolute Gasteiger partial charge is 1.00 e. The first-order chi connectivity index (χ1) is 10.5. The first-order valence-electron chi connectivity index (χ1n) is 6.52. The molecule has 0 aliphatic rings. The Labute approximate surface area is 188 Å². The molecule has 0 heterocycles. The van der Waals surface area contributed by atoms with Gasteiger partial charge in [0.1, 0.15) is 18.1 Å². The minimum Gasteiger partial charge on any atom is -1.00 e. The summed E-state index contributed by atoms with van der Waals surface area (Å²) >= 11 is 11.8. The first kappa shape index (κ1) is 20.8. The number of carbonyl (C=O) groups is 1. The molecule has 0 aliphatic carbocycles. The maximum Gasteiger partial charge on any atom is 1.00 e. The predicted octanol–water partition coefficient (Wildman–Crippen LogP) is 1.54. The van der Waals surface area contributed by atoms with E-state index < -0.39 is 12.1 Å². The third-order valence-corrected chi connectivity index (χ3v) is 3.40. The number of hydrogen-bond acceptors (Lipinski definition) is 3. The van der Waals surface area contributed by atoms with Gasteiger partial charge in [-0.05, 0) is 42.8 Å². The van der Waals surface area contributed by atoms with Gasteiger partial charge in [-0.2, -0.15) is 0 Å². The number of hydrogen-bond donors (Lipinski definition) is 1. The maximum absolute atomic E-state index is 10.7. The van der Waals surface area contributed by atoms with E-state index in [9.17, 15) is 4.79 Å². The Bertz CT molecular complexity index is 668. The number of ether oxygens (including phenoxy) is 2. The number of rotatable bonds is 6. The molecule has 118 valence electrons. The van der Waals surface area contributed by atoms with Crippen molar-refractivity contribution in [2.45, 2.75) is 19.6 Å². The molecule has 7 heteroatoms. The normalized spacial score (nSPS) is 11.3. The zero-order valence-corrected chi connectivity index (χ0v) is 17.4. The zero-order valence-electron chi connectivity index (χ0n) is 13.8. The maximum atomic E-state index is 10.7. The van der Waals surface area contributed by atoms with Gasteiger partial charge in [0.05, 0.1) is 5.02 Å². The van der Waals surface area contributed by atoms with Crippen LogP contribution in [0.5, 0.6) is 11.5 Å². The minimum absolute atomic E-state index is 0. The molecule has 0 amide bonds. The molecule has 0 spiro atoms. The Kier molecular flexibility index (Phi) is 8.93. The van der Waals surface area contributed by atoms with Crippen molar-refractivity contribution in [3.05, 3.63) is 58.1 Å². The van der Waals surface area contributed by atoms with Crippen LogP contribution in [0.2, 0.25) is 10.0 Å². The molecule has 1 unspecified atom stereocenters. The van der Waals surface area contributed by atoms with Crippen LogP contribution < -0.4 is 60.9 Å². The van der Waals surface area contributed by atoms with Crippen molar-refractivity contribution in [2.75, 3.05) is 0 Å². The quantitative estimate of drug-likeness (QED) is 0.772. The van der Waals surface area contributed by atoms with Crippen molar-refractivity contribution >= 4 is 29.2 Å². The monoisotopic (exact) mass is 380 g/mol. The van der Waals surface area contributed by atoms with Gasteiger partial charge in [-0.3, -0.25) is 0 Å². The van der Waals surface area contributed by atoms with Crippen molar-refractivity contribution in [1.29, 1.82) is 0 Å². The van der Waals surface area contributed by atoms with E-state index in [4.69, 9.17) is 37.8 Å². The van der Waals surface area contributed by atoms with Crippen molar-refractivity contribution in [3.8, 4) is 11.5 Å².